The lowest BCUT2D eigenvalue weighted by atomic mass is 9.98. The van der Waals surface area contributed by atoms with E-state index in [2.05, 4.69) is 9.97 Å². The summed E-state index contributed by atoms with van der Waals surface area (Å²) >= 11 is 6.49. The highest BCUT2D eigenvalue weighted by atomic mass is 35.5. The van der Waals surface area contributed by atoms with Crippen molar-refractivity contribution in [2.45, 2.75) is 18.9 Å². The van der Waals surface area contributed by atoms with Crippen LogP contribution in [0.3, 0.4) is 0 Å². The summed E-state index contributed by atoms with van der Waals surface area (Å²) in [6, 6.07) is 11.5. The van der Waals surface area contributed by atoms with Gasteiger partial charge in [0.25, 0.3) is 0 Å². The summed E-state index contributed by atoms with van der Waals surface area (Å²) in [5.74, 6) is 0.213. The van der Waals surface area contributed by atoms with E-state index >= 15 is 0 Å². The fourth-order valence-electron chi connectivity index (χ4n) is 3.68. The number of phenolic OH excluding ortho intramolecular Hbond substituents is 1. The second-order valence-electron chi connectivity index (χ2n) is 6.25. The van der Waals surface area contributed by atoms with Gasteiger partial charge in [-0.05, 0) is 30.3 Å². The highest BCUT2D eigenvalue weighted by molar-refractivity contribution is 6.35. The summed E-state index contributed by atoms with van der Waals surface area (Å²) in [5, 5.41) is 12.3. The quantitative estimate of drug-likeness (QED) is 0.771. The predicted molar refractivity (Wildman–Crippen MR) is 94.4 cm³/mol. The second kappa shape index (κ2) is 6.38. The van der Waals surface area contributed by atoms with Crippen molar-refractivity contribution in [1.29, 1.82) is 0 Å². The number of rotatable bonds is 3. The number of nitrogens with zero attached hydrogens (tertiary/aromatic N) is 2. The summed E-state index contributed by atoms with van der Waals surface area (Å²) in [6.45, 7) is 2.14. The van der Waals surface area contributed by atoms with Crippen LogP contribution in [0.1, 0.15) is 30.1 Å². The van der Waals surface area contributed by atoms with Gasteiger partial charge in [-0.2, -0.15) is 0 Å². The zero-order valence-electron chi connectivity index (χ0n) is 13.2. The second-order valence-corrected chi connectivity index (χ2v) is 6.66. The average molecular weight is 341 g/mol. The number of pyridine rings is 2. The molecule has 1 saturated heterocycles. The van der Waals surface area contributed by atoms with Crippen molar-refractivity contribution in [3.63, 3.8) is 0 Å². The summed E-state index contributed by atoms with van der Waals surface area (Å²) in [5.41, 5.74) is 2.32. The minimum absolute atomic E-state index is 0.0300. The molecule has 1 fully saturated rings. The van der Waals surface area contributed by atoms with Crippen molar-refractivity contribution in [3.8, 4) is 5.75 Å². The molecule has 1 aliphatic heterocycles. The Kier molecular flexibility index (Phi) is 4.08. The van der Waals surface area contributed by atoms with Gasteiger partial charge in [0.05, 0.1) is 23.7 Å². The van der Waals surface area contributed by atoms with Gasteiger partial charge in [-0.1, -0.05) is 17.7 Å². The Bertz CT molecular complexity index is 863. The Labute approximate surface area is 145 Å². The highest BCUT2D eigenvalue weighted by Gasteiger charge is 2.33. The molecule has 5 heteroatoms. The predicted octanol–water partition coefficient (Wildman–Crippen LogP) is 2.76. The summed E-state index contributed by atoms with van der Waals surface area (Å²) < 4.78 is 0. The first-order chi connectivity index (χ1) is 11.8. The standard InChI is InChI=1S/C19H18ClN3O/c20-15-12-14(19(24)17-13(15)6-5-9-22-17)18(23-10-3-4-11-23)16-7-1-2-8-21-16/h1-2,5-9,12,18,24H,3-4,10-11H2/p+1. The van der Waals surface area contributed by atoms with Crippen LogP contribution in [-0.4, -0.2) is 28.2 Å². The number of quaternary nitrogens is 1. The molecular formula is C19H19ClN3O+. The summed E-state index contributed by atoms with van der Waals surface area (Å²) in [6.07, 6.45) is 5.87. The van der Waals surface area contributed by atoms with Gasteiger partial charge in [0, 0.05) is 30.6 Å². The molecule has 4 rings (SSSR count). The third kappa shape index (κ3) is 2.62. The normalized spacial score (nSPS) is 16.5. The highest BCUT2D eigenvalue weighted by Crippen LogP contribution is 2.37. The summed E-state index contributed by atoms with van der Waals surface area (Å²) in [4.78, 5) is 10.3. The topological polar surface area (TPSA) is 50.5 Å². The van der Waals surface area contributed by atoms with Crippen LogP contribution in [0.4, 0.5) is 0 Å². The largest absolute Gasteiger partial charge is 0.505 e. The molecule has 24 heavy (non-hydrogen) atoms. The molecule has 122 valence electrons. The van der Waals surface area contributed by atoms with E-state index in [4.69, 9.17) is 11.6 Å². The minimum atomic E-state index is -0.0300. The van der Waals surface area contributed by atoms with Crippen LogP contribution in [0.15, 0.2) is 48.8 Å². The number of halogens is 1. The molecule has 0 saturated carbocycles. The molecule has 0 radical (unpaired) electrons. The van der Waals surface area contributed by atoms with Gasteiger partial charge in [0.15, 0.2) is 11.8 Å². The molecule has 2 N–H and O–H groups in total. The minimum Gasteiger partial charge on any atom is -0.505 e. The van der Waals surface area contributed by atoms with E-state index in [0.29, 0.717) is 10.5 Å². The molecule has 2 aromatic heterocycles. The lowest BCUT2D eigenvalue weighted by molar-refractivity contribution is -0.914. The first kappa shape index (κ1) is 15.4. The Morgan fingerprint density at radius 1 is 1.04 bits per heavy atom. The molecule has 0 aliphatic carbocycles. The Hall–Kier alpha value is -2.17. The van der Waals surface area contributed by atoms with E-state index in [9.17, 15) is 5.11 Å². The number of nitrogens with one attached hydrogen (secondary N) is 1. The molecule has 0 amide bonds. The lowest BCUT2D eigenvalue weighted by Crippen LogP contribution is -3.10. The number of aromatic hydroxyl groups is 1. The van der Waals surface area contributed by atoms with Gasteiger partial charge in [-0.15, -0.1) is 0 Å². The van der Waals surface area contributed by atoms with Crippen LogP contribution in [0.25, 0.3) is 10.9 Å². The zero-order chi connectivity index (χ0) is 16.5. The molecule has 0 spiro atoms. The fourth-order valence-corrected chi connectivity index (χ4v) is 3.95. The fraction of sp³-hybridized carbons (Fsp3) is 0.263. The van der Waals surface area contributed by atoms with Crippen molar-refractivity contribution in [1.82, 2.24) is 9.97 Å². The molecule has 1 aromatic carbocycles. The SMILES string of the molecule is Oc1c(C(c2ccccn2)[NH+]2CCCC2)cc(Cl)c2cccnc12. The Balaban J connectivity index is 1.92. The maximum absolute atomic E-state index is 10.9. The molecular weight excluding hydrogens is 322 g/mol. The first-order valence-electron chi connectivity index (χ1n) is 8.27. The van der Waals surface area contributed by atoms with Crippen LogP contribution in [0.5, 0.6) is 5.75 Å². The van der Waals surface area contributed by atoms with Gasteiger partial charge in [0.1, 0.15) is 11.2 Å². The number of phenols is 1. The third-order valence-corrected chi connectivity index (χ3v) is 5.11. The third-order valence-electron chi connectivity index (χ3n) is 4.79. The molecule has 3 aromatic rings. The first-order valence-corrected chi connectivity index (χ1v) is 8.65. The number of likely N-dealkylation sites (tertiary alicyclic amines) is 1. The van der Waals surface area contributed by atoms with Gasteiger partial charge < -0.3 is 10.0 Å². The number of hydrogen-bond acceptors (Lipinski definition) is 3. The molecule has 1 atom stereocenters. The zero-order valence-corrected chi connectivity index (χ0v) is 14.0. The van der Waals surface area contributed by atoms with Crippen LogP contribution in [0.2, 0.25) is 5.02 Å². The van der Waals surface area contributed by atoms with Crippen molar-refractivity contribution in [2.24, 2.45) is 0 Å². The van der Waals surface area contributed by atoms with Crippen molar-refractivity contribution >= 4 is 22.5 Å². The lowest BCUT2D eigenvalue weighted by Gasteiger charge is -2.25. The molecule has 4 nitrogen and oxygen atoms in total. The molecule has 1 unspecified atom stereocenters. The van der Waals surface area contributed by atoms with Gasteiger partial charge >= 0.3 is 0 Å². The van der Waals surface area contributed by atoms with Gasteiger partial charge in [-0.25, -0.2) is 0 Å². The van der Waals surface area contributed by atoms with Crippen molar-refractivity contribution in [3.05, 3.63) is 65.1 Å². The van der Waals surface area contributed by atoms with E-state index in [1.807, 2.05) is 36.4 Å². The van der Waals surface area contributed by atoms with Gasteiger partial charge in [-0.3, -0.25) is 9.97 Å². The van der Waals surface area contributed by atoms with Crippen LogP contribution in [0, 0.1) is 0 Å². The monoisotopic (exact) mass is 340 g/mol. The van der Waals surface area contributed by atoms with Crippen molar-refractivity contribution in [2.75, 3.05) is 13.1 Å². The van der Waals surface area contributed by atoms with E-state index in [1.54, 1.807) is 12.4 Å². The Morgan fingerprint density at radius 3 is 2.58 bits per heavy atom. The van der Waals surface area contributed by atoms with E-state index in [-0.39, 0.29) is 11.8 Å². The molecule has 3 heterocycles. The maximum Gasteiger partial charge on any atom is 0.160 e. The van der Waals surface area contributed by atoms with E-state index < -0.39 is 0 Å². The van der Waals surface area contributed by atoms with Crippen LogP contribution >= 0.6 is 11.6 Å². The average Bonchev–Trinajstić information content (AvgIpc) is 3.15. The number of hydrogen-bond donors (Lipinski definition) is 2. The van der Waals surface area contributed by atoms with E-state index in [1.165, 1.54) is 17.7 Å². The van der Waals surface area contributed by atoms with Crippen LogP contribution < -0.4 is 4.90 Å². The van der Waals surface area contributed by atoms with Crippen molar-refractivity contribution < 1.29 is 10.0 Å². The smallest absolute Gasteiger partial charge is 0.160 e. The maximum atomic E-state index is 10.9. The number of fused-ring (bicyclic) bond motifs is 1. The van der Waals surface area contributed by atoms with E-state index in [0.717, 1.165) is 29.7 Å². The van der Waals surface area contributed by atoms with Crippen LogP contribution in [-0.2, 0) is 0 Å². The van der Waals surface area contributed by atoms with Gasteiger partial charge in [0.2, 0.25) is 0 Å². The molecule has 1 aliphatic rings. The summed E-state index contributed by atoms with van der Waals surface area (Å²) in [7, 11) is 0. The Morgan fingerprint density at radius 2 is 1.83 bits per heavy atom. The number of benzene rings is 1. The molecule has 0 bridgehead atoms. The number of aromatic nitrogens is 2.